The second-order valence-corrected chi connectivity index (χ2v) is 8.18. The Kier molecular flexibility index (Phi) is 6.16. The molecule has 1 atom stereocenters. The van der Waals surface area contributed by atoms with E-state index in [1.807, 2.05) is 54.6 Å². The Morgan fingerprint density at radius 3 is 2.53 bits per heavy atom. The molecule has 0 saturated heterocycles. The second-order valence-electron chi connectivity index (χ2n) is 8.18. The van der Waals surface area contributed by atoms with Crippen LogP contribution >= 0.6 is 0 Å². The number of para-hydroxylation sites is 1. The molecule has 6 nitrogen and oxygen atoms in total. The Morgan fingerprint density at radius 1 is 1.00 bits per heavy atom. The summed E-state index contributed by atoms with van der Waals surface area (Å²) in [6.07, 6.45) is 3.99. The molecule has 7 heteroatoms. The molecule has 0 aliphatic heterocycles. The number of rotatable bonds is 8. The summed E-state index contributed by atoms with van der Waals surface area (Å²) in [5, 5.41) is 8.41. The summed E-state index contributed by atoms with van der Waals surface area (Å²) >= 11 is 0. The van der Waals surface area contributed by atoms with Crippen molar-refractivity contribution in [1.29, 1.82) is 0 Å². The predicted molar refractivity (Wildman–Crippen MR) is 129 cm³/mol. The highest BCUT2D eigenvalue weighted by Gasteiger charge is 2.18. The van der Waals surface area contributed by atoms with Gasteiger partial charge in [-0.1, -0.05) is 48.5 Å². The fourth-order valence-electron chi connectivity index (χ4n) is 4.26. The van der Waals surface area contributed by atoms with Crippen molar-refractivity contribution >= 4 is 16.8 Å². The molecule has 1 amide bonds. The first-order valence-corrected chi connectivity index (χ1v) is 11.2. The number of benzene rings is 3. The Balaban J connectivity index is 1.36. The number of fused-ring (bicyclic) bond motifs is 1. The van der Waals surface area contributed by atoms with E-state index in [2.05, 4.69) is 20.4 Å². The van der Waals surface area contributed by atoms with Crippen LogP contribution in [0.1, 0.15) is 23.6 Å². The van der Waals surface area contributed by atoms with Gasteiger partial charge >= 0.3 is 0 Å². The molecule has 5 aromatic rings. The SMILES string of the molecule is O=C(CCc1c(-c2ccc(F)cc2)[nH]c2ccccc12)NC(Cn1cncn1)c1ccccc1. The number of hydrogen-bond acceptors (Lipinski definition) is 3. The highest BCUT2D eigenvalue weighted by Crippen LogP contribution is 2.31. The minimum atomic E-state index is -0.278. The largest absolute Gasteiger partial charge is 0.354 e. The van der Waals surface area contributed by atoms with Crippen molar-refractivity contribution in [2.24, 2.45) is 0 Å². The van der Waals surface area contributed by atoms with Crippen LogP contribution in [0, 0.1) is 5.82 Å². The second kappa shape index (κ2) is 9.70. The summed E-state index contributed by atoms with van der Waals surface area (Å²) in [5.74, 6) is -0.329. The van der Waals surface area contributed by atoms with Crippen LogP contribution in [0.25, 0.3) is 22.2 Å². The number of hydrogen-bond donors (Lipinski definition) is 2. The van der Waals surface area contributed by atoms with E-state index in [0.29, 0.717) is 19.4 Å². The number of carbonyl (C=O) groups is 1. The Bertz CT molecular complexity index is 1380. The number of aromatic amines is 1. The summed E-state index contributed by atoms with van der Waals surface area (Å²) in [5.41, 5.74) is 4.85. The minimum Gasteiger partial charge on any atom is -0.354 e. The third-order valence-corrected chi connectivity index (χ3v) is 5.92. The summed E-state index contributed by atoms with van der Waals surface area (Å²) in [4.78, 5) is 20.5. The molecule has 1 unspecified atom stereocenters. The third kappa shape index (κ3) is 4.73. The average molecular weight is 454 g/mol. The van der Waals surface area contributed by atoms with E-state index >= 15 is 0 Å². The molecule has 0 bridgehead atoms. The zero-order chi connectivity index (χ0) is 23.3. The number of halogens is 1. The molecule has 0 aliphatic rings. The van der Waals surface area contributed by atoms with Crippen molar-refractivity contribution in [3.05, 3.63) is 108 Å². The fraction of sp³-hybridized carbons (Fsp3) is 0.148. The molecule has 0 spiro atoms. The summed E-state index contributed by atoms with van der Waals surface area (Å²) < 4.78 is 15.2. The van der Waals surface area contributed by atoms with E-state index in [-0.39, 0.29) is 17.8 Å². The maximum Gasteiger partial charge on any atom is 0.220 e. The lowest BCUT2D eigenvalue weighted by atomic mass is 10.0. The number of amides is 1. The highest BCUT2D eigenvalue weighted by molar-refractivity contribution is 5.91. The number of H-pyrrole nitrogens is 1. The average Bonchev–Trinajstić information content (AvgIpc) is 3.51. The zero-order valence-electron chi connectivity index (χ0n) is 18.5. The molecule has 0 aliphatic carbocycles. The van der Waals surface area contributed by atoms with Crippen LogP contribution in [0.2, 0.25) is 0 Å². The van der Waals surface area contributed by atoms with Crippen LogP contribution in [-0.4, -0.2) is 25.7 Å². The molecule has 2 N–H and O–H groups in total. The van der Waals surface area contributed by atoms with Gasteiger partial charge in [-0.3, -0.25) is 9.48 Å². The van der Waals surface area contributed by atoms with Crippen molar-refractivity contribution in [1.82, 2.24) is 25.1 Å². The number of nitrogens with one attached hydrogen (secondary N) is 2. The quantitative estimate of drug-likeness (QED) is 0.345. The van der Waals surface area contributed by atoms with E-state index in [1.165, 1.54) is 18.5 Å². The zero-order valence-corrected chi connectivity index (χ0v) is 18.5. The lowest BCUT2D eigenvalue weighted by Crippen LogP contribution is -2.31. The topological polar surface area (TPSA) is 75.6 Å². The van der Waals surface area contributed by atoms with E-state index in [4.69, 9.17) is 0 Å². The minimum absolute atomic E-state index is 0.0516. The summed E-state index contributed by atoms with van der Waals surface area (Å²) in [6, 6.07) is 24.0. The Labute approximate surface area is 196 Å². The maximum atomic E-state index is 13.5. The van der Waals surface area contributed by atoms with E-state index in [1.54, 1.807) is 23.1 Å². The van der Waals surface area contributed by atoms with Gasteiger partial charge in [0.2, 0.25) is 5.91 Å². The fourth-order valence-corrected chi connectivity index (χ4v) is 4.26. The Morgan fingerprint density at radius 2 is 1.76 bits per heavy atom. The lowest BCUT2D eigenvalue weighted by molar-refractivity contribution is -0.121. The van der Waals surface area contributed by atoms with E-state index in [9.17, 15) is 9.18 Å². The summed E-state index contributed by atoms with van der Waals surface area (Å²) in [7, 11) is 0. The monoisotopic (exact) mass is 453 g/mol. The standard InChI is InChI=1S/C27H24FN5O/c28-21-12-10-20(11-13-21)27-23(22-8-4-5-9-24(22)32-27)14-15-26(34)31-25(16-33-18-29-17-30-33)19-6-2-1-3-7-19/h1-13,17-18,25,32H,14-16H2,(H,31,34). The molecule has 2 aromatic heterocycles. The van der Waals surface area contributed by atoms with Crippen molar-refractivity contribution in [2.45, 2.75) is 25.4 Å². The molecule has 34 heavy (non-hydrogen) atoms. The van der Waals surface area contributed by atoms with Gasteiger partial charge in [0.15, 0.2) is 0 Å². The van der Waals surface area contributed by atoms with E-state index in [0.717, 1.165) is 33.3 Å². The van der Waals surface area contributed by atoms with Crippen LogP contribution in [0.15, 0.2) is 91.5 Å². The van der Waals surface area contributed by atoms with E-state index < -0.39 is 0 Å². The highest BCUT2D eigenvalue weighted by atomic mass is 19.1. The third-order valence-electron chi connectivity index (χ3n) is 5.92. The molecule has 2 heterocycles. The van der Waals surface area contributed by atoms with Gasteiger partial charge in [0.1, 0.15) is 18.5 Å². The predicted octanol–water partition coefficient (Wildman–Crippen LogP) is 5.06. The first-order valence-electron chi connectivity index (χ1n) is 11.2. The van der Waals surface area contributed by atoms with Crippen LogP contribution in [-0.2, 0) is 17.8 Å². The molecule has 170 valence electrons. The molecule has 0 radical (unpaired) electrons. The van der Waals surface area contributed by atoms with Crippen molar-refractivity contribution in [2.75, 3.05) is 0 Å². The molecular formula is C27H24FN5O. The van der Waals surface area contributed by atoms with Crippen LogP contribution in [0.3, 0.4) is 0 Å². The normalized spacial score (nSPS) is 12.0. The number of aromatic nitrogens is 4. The molecule has 3 aromatic carbocycles. The van der Waals surface area contributed by atoms with Gasteiger partial charge in [0.05, 0.1) is 12.6 Å². The number of nitrogens with zero attached hydrogens (tertiary/aromatic N) is 3. The van der Waals surface area contributed by atoms with Crippen LogP contribution in [0.5, 0.6) is 0 Å². The van der Waals surface area contributed by atoms with Gasteiger partial charge in [-0.25, -0.2) is 9.37 Å². The van der Waals surface area contributed by atoms with Gasteiger partial charge in [-0.2, -0.15) is 5.10 Å². The van der Waals surface area contributed by atoms with Crippen LogP contribution in [0.4, 0.5) is 4.39 Å². The molecule has 5 rings (SSSR count). The van der Waals surface area contributed by atoms with Gasteiger partial charge in [0, 0.05) is 23.0 Å². The van der Waals surface area contributed by atoms with Crippen molar-refractivity contribution in [3.8, 4) is 11.3 Å². The van der Waals surface area contributed by atoms with Crippen molar-refractivity contribution < 1.29 is 9.18 Å². The van der Waals surface area contributed by atoms with Crippen LogP contribution < -0.4 is 5.32 Å². The molecule has 0 saturated carbocycles. The smallest absolute Gasteiger partial charge is 0.220 e. The first-order chi connectivity index (χ1) is 16.7. The summed E-state index contributed by atoms with van der Waals surface area (Å²) in [6.45, 7) is 0.490. The van der Waals surface area contributed by atoms with Gasteiger partial charge in [-0.05, 0) is 53.4 Å². The maximum absolute atomic E-state index is 13.5. The van der Waals surface area contributed by atoms with Crippen molar-refractivity contribution in [3.63, 3.8) is 0 Å². The number of aryl methyl sites for hydroxylation is 1. The number of carbonyl (C=O) groups excluding carboxylic acids is 1. The van der Waals surface area contributed by atoms with Gasteiger partial charge in [-0.15, -0.1) is 0 Å². The molecule has 0 fully saturated rings. The lowest BCUT2D eigenvalue weighted by Gasteiger charge is -2.19. The first kappa shape index (κ1) is 21.6. The molecular weight excluding hydrogens is 429 g/mol. The van der Waals surface area contributed by atoms with Gasteiger partial charge in [0.25, 0.3) is 0 Å². The Hall–Kier alpha value is -4.26. The van der Waals surface area contributed by atoms with Gasteiger partial charge < -0.3 is 10.3 Å².